The molecule has 2 N–H and O–H groups in total. The highest BCUT2D eigenvalue weighted by molar-refractivity contribution is 6.32. The Balaban J connectivity index is 6.62. The van der Waals surface area contributed by atoms with Gasteiger partial charge in [0.05, 0.1) is 12.3 Å². The van der Waals surface area contributed by atoms with Gasteiger partial charge in [0, 0.05) is 0 Å². The fourth-order valence-electron chi connectivity index (χ4n) is 5.67. The molecule has 0 aliphatic rings. The molecule has 6 heteroatoms. The third-order valence-electron chi connectivity index (χ3n) is 5.99. The zero-order valence-corrected chi connectivity index (χ0v) is 21.0. The number of carboxylic acid groups (broad SMARTS) is 2. The molecule has 0 fully saturated rings. The Bertz CT molecular complexity index is 634. The first-order valence-electron chi connectivity index (χ1n) is 10.7. The van der Waals surface area contributed by atoms with Crippen LogP contribution in [0.25, 0.3) is 0 Å². The van der Waals surface area contributed by atoms with Gasteiger partial charge in [0.25, 0.3) is 0 Å². The lowest BCUT2D eigenvalue weighted by atomic mass is 9.53. The third kappa shape index (κ3) is 9.00. The number of hydrogen-bond acceptors (Lipinski definition) is 2. The molecule has 0 amide bonds. The maximum absolute atomic E-state index is 12.2. The topological polar surface area (TPSA) is 74.6 Å². The summed E-state index contributed by atoms with van der Waals surface area (Å²) in [4.78, 5) is 23.7. The van der Waals surface area contributed by atoms with Crippen LogP contribution in [0.3, 0.4) is 0 Å². The van der Waals surface area contributed by atoms with Gasteiger partial charge in [-0.3, -0.25) is 9.59 Å². The van der Waals surface area contributed by atoms with Gasteiger partial charge in [0.15, 0.2) is 0 Å². The number of hydrogen-bond donors (Lipinski definition) is 2. The molecule has 0 bridgehead atoms. The zero-order chi connectivity index (χ0) is 23.6. The molecule has 0 heterocycles. The quantitative estimate of drug-likeness (QED) is 0.564. The molecule has 2 unspecified atom stereocenters. The fraction of sp³-hybridized carbons (Fsp3) is 0.826. The van der Waals surface area contributed by atoms with Gasteiger partial charge in [-0.15, -0.1) is 10.9 Å². The second kappa shape index (κ2) is 9.31. The number of allylic oxidation sites excluding steroid dienone is 2. The predicted molar refractivity (Wildman–Crippen MR) is 127 cm³/mol. The van der Waals surface area contributed by atoms with E-state index in [1.807, 2.05) is 7.85 Å². The Morgan fingerprint density at radius 1 is 0.793 bits per heavy atom. The Morgan fingerprint density at radius 3 is 1.52 bits per heavy atom. The molecule has 0 aromatic heterocycles. The van der Waals surface area contributed by atoms with E-state index in [1.165, 1.54) is 5.47 Å². The number of carboxylic acids is 2. The maximum atomic E-state index is 12.2. The predicted octanol–water partition coefficient (Wildman–Crippen LogP) is 4.18. The molecular weight excluding hydrogens is 362 g/mol. The SMILES string of the molecule is B/C(=C(/B)C(C)(C)CC(C)(C)C)C(C(CC(=O)O)C(=O)O)C(C)(C)CC(C)(C)C. The molecule has 0 aromatic carbocycles. The minimum atomic E-state index is -1.06. The molecule has 0 radical (unpaired) electrons. The summed E-state index contributed by atoms with van der Waals surface area (Å²) in [5, 5.41) is 19.4. The average molecular weight is 406 g/mol. The highest BCUT2D eigenvalue weighted by atomic mass is 16.4. The fourth-order valence-corrected chi connectivity index (χ4v) is 5.67. The smallest absolute Gasteiger partial charge is 0.307 e. The van der Waals surface area contributed by atoms with Crippen LogP contribution in [-0.2, 0) is 9.59 Å². The van der Waals surface area contributed by atoms with Crippen LogP contribution in [0.4, 0.5) is 0 Å². The maximum Gasteiger partial charge on any atom is 0.307 e. The summed E-state index contributed by atoms with van der Waals surface area (Å²) < 4.78 is 0. The summed E-state index contributed by atoms with van der Waals surface area (Å²) in [6, 6.07) is 0. The minimum Gasteiger partial charge on any atom is -0.481 e. The van der Waals surface area contributed by atoms with E-state index < -0.39 is 17.9 Å². The van der Waals surface area contributed by atoms with Crippen molar-refractivity contribution in [2.45, 2.75) is 88.5 Å². The first kappa shape index (κ1) is 27.8. The lowest BCUT2D eigenvalue weighted by Gasteiger charge is -2.45. The van der Waals surface area contributed by atoms with Gasteiger partial charge in [-0.2, -0.15) is 0 Å². The van der Waals surface area contributed by atoms with E-state index >= 15 is 0 Å². The van der Waals surface area contributed by atoms with Gasteiger partial charge in [-0.1, -0.05) is 69.2 Å². The Labute approximate surface area is 180 Å². The van der Waals surface area contributed by atoms with Crippen LogP contribution in [-0.4, -0.2) is 37.8 Å². The molecular formula is C23H44B2O4. The number of carbonyl (C=O) groups is 2. The van der Waals surface area contributed by atoms with E-state index in [4.69, 9.17) is 0 Å². The normalized spacial score (nSPS) is 16.8. The molecule has 0 rings (SSSR count). The van der Waals surface area contributed by atoms with Crippen LogP contribution in [0.15, 0.2) is 10.9 Å². The molecule has 0 aliphatic carbocycles. The molecule has 0 aliphatic heterocycles. The van der Waals surface area contributed by atoms with Crippen LogP contribution in [0.1, 0.15) is 88.5 Å². The Morgan fingerprint density at radius 2 is 1.21 bits per heavy atom. The van der Waals surface area contributed by atoms with E-state index in [0.717, 1.165) is 18.3 Å². The molecule has 166 valence electrons. The van der Waals surface area contributed by atoms with E-state index in [0.29, 0.717) is 0 Å². The van der Waals surface area contributed by atoms with Crippen molar-refractivity contribution >= 4 is 27.6 Å². The van der Waals surface area contributed by atoms with Crippen LogP contribution in [0.5, 0.6) is 0 Å². The van der Waals surface area contributed by atoms with Crippen molar-refractivity contribution in [3.8, 4) is 0 Å². The van der Waals surface area contributed by atoms with Crippen molar-refractivity contribution in [2.75, 3.05) is 0 Å². The van der Waals surface area contributed by atoms with Gasteiger partial charge in [-0.25, -0.2) is 0 Å². The molecule has 0 spiro atoms. The summed E-state index contributed by atoms with van der Waals surface area (Å²) in [6.45, 7) is 21.7. The molecule has 29 heavy (non-hydrogen) atoms. The first-order chi connectivity index (χ1) is 12.6. The molecule has 2 atom stereocenters. The third-order valence-corrected chi connectivity index (χ3v) is 5.99. The van der Waals surface area contributed by atoms with Gasteiger partial charge in [0.1, 0.15) is 15.7 Å². The first-order valence-corrected chi connectivity index (χ1v) is 10.7. The molecule has 4 nitrogen and oxygen atoms in total. The van der Waals surface area contributed by atoms with Gasteiger partial charge in [-0.05, 0) is 40.4 Å². The Hall–Kier alpha value is -1.19. The van der Waals surface area contributed by atoms with E-state index in [9.17, 15) is 19.8 Å². The van der Waals surface area contributed by atoms with E-state index in [2.05, 4.69) is 77.1 Å². The summed E-state index contributed by atoms with van der Waals surface area (Å²) in [6.07, 6.45) is 1.41. The number of rotatable bonds is 9. The van der Waals surface area contributed by atoms with Crippen molar-refractivity contribution in [3.05, 3.63) is 10.9 Å². The monoisotopic (exact) mass is 406 g/mol. The summed E-state index contributed by atoms with van der Waals surface area (Å²) in [5.74, 6) is -3.40. The van der Waals surface area contributed by atoms with Crippen molar-refractivity contribution < 1.29 is 19.8 Å². The molecule has 0 saturated heterocycles. The lowest BCUT2D eigenvalue weighted by molar-refractivity contribution is -0.151. The summed E-state index contributed by atoms with van der Waals surface area (Å²) in [7, 11) is 4.12. The van der Waals surface area contributed by atoms with Crippen molar-refractivity contribution in [1.82, 2.24) is 0 Å². The second-order valence-electron chi connectivity index (χ2n) is 12.7. The van der Waals surface area contributed by atoms with Crippen LogP contribution < -0.4 is 0 Å². The minimum absolute atomic E-state index is 0.00311. The van der Waals surface area contributed by atoms with Crippen molar-refractivity contribution in [1.29, 1.82) is 0 Å². The number of aliphatic carboxylic acids is 2. The highest BCUT2D eigenvalue weighted by Gasteiger charge is 2.44. The molecule has 0 aromatic rings. The van der Waals surface area contributed by atoms with E-state index in [1.54, 1.807) is 0 Å². The van der Waals surface area contributed by atoms with Crippen LogP contribution >= 0.6 is 0 Å². The van der Waals surface area contributed by atoms with Crippen LogP contribution in [0.2, 0.25) is 0 Å². The van der Waals surface area contributed by atoms with Gasteiger partial charge < -0.3 is 10.2 Å². The van der Waals surface area contributed by atoms with Crippen molar-refractivity contribution in [3.63, 3.8) is 0 Å². The summed E-state index contributed by atoms with van der Waals surface area (Å²) in [5.41, 5.74) is 1.88. The molecule has 0 saturated carbocycles. The van der Waals surface area contributed by atoms with Gasteiger partial charge >= 0.3 is 11.9 Å². The Kier molecular flexibility index (Phi) is 8.92. The summed E-state index contributed by atoms with van der Waals surface area (Å²) >= 11 is 0. The second-order valence-corrected chi connectivity index (χ2v) is 12.7. The van der Waals surface area contributed by atoms with Crippen LogP contribution in [0, 0.1) is 33.5 Å². The largest absolute Gasteiger partial charge is 0.481 e. The average Bonchev–Trinajstić information content (AvgIpc) is 2.39. The van der Waals surface area contributed by atoms with E-state index in [-0.39, 0.29) is 34.0 Å². The lowest BCUT2D eigenvalue weighted by Crippen LogP contribution is -2.41. The zero-order valence-electron chi connectivity index (χ0n) is 21.0. The highest BCUT2D eigenvalue weighted by Crippen LogP contribution is 2.48. The van der Waals surface area contributed by atoms with Gasteiger partial charge in [0.2, 0.25) is 0 Å². The van der Waals surface area contributed by atoms with Crippen molar-refractivity contribution in [2.24, 2.45) is 33.5 Å². The standard InChI is InChI=1S/C23H44B2O4/c1-20(2,3)12-22(7,8)16(14(19(28)29)11-15(26)27)17(24)18(25)23(9,10)13-21(4,5)6/h14,16H,11-13,24-25H2,1-10H3,(H,26,27)(H,28,29)/b18-17+.